The van der Waals surface area contributed by atoms with Crippen LogP contribution in [0.5, 0.6) is 0 Å². The summed E-state index contributed by atoms with van der Waals surface area (Å²) in [4.78, 5) is 12.6. The van der Waals surface area contributed by atoms with E-state index in [1.807, 2.05) is 24.3 Å². The van der Waals surface area contributed by atoms with Gasteiger partial charge in [0.1, 0.15) is 0 Å². The molecule has 144 valence electrons. The Balaban J connectivity index is 1.76. The zero-order chi connectivity index (χ0) is 19.4. The predicted molar refractivity (Wildman–Crippen MR) is 110 cm³/mol. The van der Waals surface area contributed by atoms with Crippen LogP contribution in [-0.4, -0.2) is 31.7 Å². The Kier molecular flexibility index (Phi) is 6.34. The van der Waals surface area contributed by atoms with Crippen LogP contribution in [0, 0.1) is 6.92 Å². The number of piperidine rings is 1. The van der Waals surface area contributed by atoms with Gasteiger partial charge in [-0.1, -0.05) is 40.5 Å². The van der Waals surface area contributed by atoms with Crippen LogP contribution >= 0.6 is 15.9 Å². The van der Waals surface area contributed by atoms with Crippen LogP contribution in [0.2, 0.25) is 0 Å². The van der Waals surface area contributed by atoms with Gasteiger partial charge in [0.2, 0.25) is 15.9 Å². The van der Waals surface area contributed by atoms with Gasteiger partial charge in [-0.15, -0.1) is 0 Å². The number of rotatable bonds is 5. The summed E-state index contributed by atoms with van der Waals surface area (Å²) < 4.78 is 28.5. The lowest BCUT2D eigenvalue weighted by Gasteiger charge is -2.26. The standard InChI is InChI=1S/C20H23BrN2O3S/c1-15-5-10-18(22-20(24)13-16-6-8-17(21)9-7-16)14-19(15)27(25,26)23-11-3-2-4-12-23/h5-10,14H,2-4,11-13H2,1H3,(H,22,24). The monoisotopic (exact) mass is 450 g/mol. The van der Waals surface area contributed by atoms with Crippen LogP contribution in [0.3, 0.4) is 0 Å². The van der Waals surface area contributed by atoms with Crippen LogP contribution in [0.4, 0.5) is 5.69 Å². The number of hydrogen-bond donors (Lipinski definition) is 1. The van der Waals surface area contributed by atoms with Crippen molar-refractivity contribution >= 4 is 37.5 Å². The van der Waals surface area contributed by atoms with Gasteiger partial charge in [-0.2, -0.15) is 4.31 Å². The molecule has 1 fully saturated rings. The fourth-order valence-electron chi connectivity index (χ4n) is 3.19. The number of aryl methyl sites for hydroxylation is 1. The topological polar surface area (TPSA) is 66.5 Å². The molecule has 5 nitrogen and oxygen atoms in total. The smallest absolute Gasteiger partial charge is 0.243 e. The van der Waals surface area contributed by atoms with Crippen molar-refractivity contribution in [2.75, 3.05) is 18.4 Å². The van der Waals surface area contributed by atoms with Gasteiger partial charge < -0.3 is 5.32 Å². The van der Waals surface area contributed by atoms with Crippen molar-refractivity contribution in [2.24, 2.45) is 0 Å². The molecule has 0 radical (unpaired) electrons. The largest absolute Gasteiger partial charge is 0.326 e. The zero-order valence-corrected chi connectivity index (χ0v) is 17.6. The molecule has 1 aliphatic rings. The number of carbonyl (C=O) groups excluding carboxylic acids is 1. The molecule has 0 bridgehead atoms. The van der Waals surface area contributed by atoms with Crippen LogP contribution in [0.25, 0.3) is 0 Å². The third-order valence-corrected chi connectivity index (χ3v) is 7.25. The second-order valence-corrected chi connectivity index (χ2v) is 9.62. The normalized spacial score (nSPS) is 15.5. The van der Waals surface area contributed by atoms with Crippen LogP contribution < -0.4 is 5.32 Å². The molecule has 27 heavy (non-hydrogen) atoms. The minimum Gasteiger partial charge on any atom is -0.326 e. The summed E-state index contributed by atoms with van der Waals surface area (Å²) in [5, 5.41) is 2.81. The van der Waals surface area contributed by atoms with Gasteiger partial charge in [0.05, 0.1) is 11.3 Å². The highest BCUT2D eigenvalue weighted by Gasteiger charge is 2.27. The van der Waals surface area contributed by atoms with Crippen molar-refractivity contribution in [1.82, 2.24) is 4.31 Å². The van der Waals surface area contributed by atoms with E-state index in [0.29, 0.717) is 24.3 Å². The Labute approximate surface area is 169 Å². The number of hydrogen-bond acceptors (Lipinski definition) is 3. The molecule has 3 rings (SSSR count). The first kappa shape index (κ1) is 20.0. The fraction of sp³-hybridized carbons (Fsp3) is 0.350. The van der Waals surface area contributed by atoms with Crippen molar-refractivity contribution in [3.05, 3.63) is 58.1 Å². The average molecular weight is 451 g/mol. The molecule has 0 atom stereocenters. The number of nitrogens with zero attached hydrogens (tertiary/aromatic N) is 1. The molecule has 0 aromatic heterocycles. The number of carbonyl (C=O) groups is 1. The first-order valence-corrected chi connectivity index (χ1v) is 11.2. The maximum Gasteiger partial charge on any atom is 0.243 e. The van der Waals surface area contributed by atoms with Gasteiger partial charge in [-0.25, -0.2) is 8.42 Å². The summed E-state index contributed by atoms with van der Waals surface area (Å²) in [6, 6.07) is 12.6. The van der Waals surface area contributed by atoms with E-state index in [9.17, 15) is 13.2 Å². The molecular weight excluding hydrogens is 428 g/mol. The molecule has 0 saturated carbocycles. The third kappa shape index (κ3) is 4.97. The first-order chi connectivity index (χ1) is 12.9. The summed E-state index contributed by atoms with van der Waals surface area (Å²) in [5.74, 6) is -0.178. The highest BCUT2D eigenvalue weighted by molar-refractivity contribution is 9.10. The van der Waals surface area contributed by atoms with Crippen molar-refractivity contribution in [1.29, 1.82) is 0 Å². The third-order valence-electron chi connectivity index (χ3n) is 4.68. The number of anilines is 1. The van der Waals surface area contributed by atoms with Crippen molar-refractivity contribution in [3.8, 4) is 0 Å². The minimum absolute atomic E-state index is 0.178. The lowest BCUT2D eigenvalue weighted by Crippen LogP contribution is -2.36. The predicted octanol–water partition coefficient (Wildman–Crippen LogP) is 4.11. The maximum atomic E-state index is 13.0. The molecular formula is C20H23BrN2O3S. The van der Waals surface area contributed by atoms with E-state index in [1.54, 1.807) is 29.4 Å². The van der Waals surface area contributed by atoms with E-state index < -0.39 is 10.0 Å². The van der Waals surface area contributed by atoms with Crippen LogP contribution in [-0.2, 0) is 21.2 Å². The summed E-state index contributed by atoms with van der Waals surface area (Å²) in [6.45, 7) is 2.90. The molecule has 0 unspecified atom stereocenters. The number of sulfonamides is 1. The molecule has 7 heteroatoms. The van der Waals surface area contributed by atoms with Gasteiger partial charge in [-0.05, 0) is 55.2 Å². The quantitative estimate of drug-likeness (QED) is 0.744. The van der Waals surface area contributed by atoms with E-state index in [1.165, 1.54) is 0 Å². The lowest BCUT2D eigenvalue weighted by molar-refractivity contribution is -0.115. The second-order valence-electron chi connectivity index (χ2n) is 6.80. The Bertz CT molecular complexity index is 921. The lowest BCUT2D eigenvalue weighted by atomic mass is 10.1. The number of amides is 1. The average Bonchev–Trinajstić information content (AvgIpc) is 2.66. The number of benzene rings is 2. The van der Waals surface area contributed by atoms with E-state index >= 15 is 0 Å². The summed E-state index contributed by atoms with van der Waals surface area (Å²) in [6.07, 6.45) is 3.08. The van der Waals surface area contributed by atoms with Gasteiger partial charge in [-0.3, -0.25) is 4.79 Å². The molecule has 0 aliphatic carbocycles. The molecule has 1 N–H and O–H groups in total. The van der Waals surface area contributed by atoms with E-state index in [0.717, 1.165) is 29.3 Å². The first-order valence-electron chi connectivity index (χ1n) is 9.01. The van der Waals surface area contributed by atoms with Crippen LogP contribution in [0.15, 0.2) is 51.8 Å². The van der Waals surface area contributed by atoms with Gasteiger partial charge in [0.15, 0.2) is 0 Å². The summed E-state index contributed by atoms with van der Waals surface area (Å²) in [5.41, 5.74) is 2.08. The van der Waals surface area contributed by atoms with Crippen molar-refractivity contribution in [2.45, 2.75) is 37.5 Å². The van der Waals surface area contributed by atoms with Crippen molar-refractivity contribution in [3.63, 3.8) is 0 Å². The Morgan fingerprint density at radius 1 is 1.07 bits per heavy atom. The van der Waals surface area contributed by atoms with E-state index in [4.69, 9.17) is 0 Å². The number of halogens is 1. The molecule has 1 heterocycles. The summed E-state index contributed by atoms with van der Waals surface area (Å²) >= 11 is 3.37. The SMILES string of the molecule is Cc1ccc(NC(=O)Cc2ccc(Br)cc2)cc1S(=O)(=O)N1CCCCC1. The Morgan fingerprint density at radius 3 is 2.41 bits per heavy atom. The van der Waals surface area contributed by atoms with Gasteiger partial charge in [0.25, 0.3) is 0 Å². The second kappa shape index (κ2) is 8.54. The van der Waals surface area contributed by atoms with Gasteiger partial charge in [0, 0.05) is 23.2 Å². The van der Waals surface area contributed by atoms with Crippen molar-refractivity contribution < 1.29 is 13.2 Å². The maximum absolute atomic E-state index is 13.0. The molecule has 1 aliphatic heterocycles. The molecule has 1 saturated heterocycles. The minimum atomic E-state index is -3.54. The highest BCUT2D eigenvalue weighted by Crippen LogP contribution is 2.26. The highest BCUT2D eigenvalue weighted by atomic mass is 79.9. The van der Waals surface area contributed by atoms with E-state index in [-0.39, 0.29) is 17.2 Å². The fourth-order valence-corrected chi connectivity index (χ4v) is 5.23. The van der Waals surface area contributed by atoms with E-state index in [2.05, 4.69) is 21.2 Å². The Hall–Kier alpha value is -1.70. The van der Waals surface area contributed by atoms with Crippen LogP contribution in [0.1, 0.15) is 30.4 Å². The molecule has 1 amide bonds. The number of nitrogens with one attached hydrogen (secondary N) is 1. The zero-order valence-electron chi connectivity index (χ0n) is 15.2. The molecule has 2 aromatic rings. The Morgan fingerprint density at radius 2 is 1.74 bits per heavy atom. The van der Waals surface area contributed by atoms with Gasteiger partial charge >= 0.3 is 0 Å². The molecule has 0 spiro atoms. The molecule has 2 aromatic carbocycles. The summed E-state index contributed by atoms with van der Waals surface area (Å²) in [7, 11) is -3.54.